The molecular weight excluding hydrogens is 216 g/mol. The van der Waals surface area contributed by atoms with Crippen LogP contribution in [0, 0.1) is 0 Å². The first-order valence-corrected chi connectivity index (χ1v) is 5.78. The second kappa shape index (κ2) is 5.16. The van der Waals surface area contributed by atoms with Gasteiger partial charge in [-0.25, -0.2) is 4.79 Å². The van der Waals surface area contributed by atoms with Crippen molar-refractivity contribution >= 4 is 11.7 Å². The van der Waals surface area contributed by atoms with Crippen LogP contribution in [0.3, 0.4) is 0 Å². The lowest BCUT2D eigenvalue weighted by atomic mass is 10.1. The molecule has 0 bridgehead atoms. The Morgan fingerprint density at radius 3 is 2.53 bits per heavy atom. The first-order valence-electron chi connectivity index (χ1n) is 5.78. The summed E-state index contributed by atoms with van der Waals surface area (Å²) < 4.78 is 0. The Morgan fingerprint density at radius 2 is 2.06 bits per heavy atom. The quantitative estimate of drug-likeness (QED) is 0.622. The molecule has 1 aliphatic heterocycles. The van der Waals surface area contributed by atoms with Crippen LogP contribution in [0.5, 0.6) is 0 Å². The van der Waals surface area contributed by atoms with Gasteiger partial charge in [0.25, 0.3) is 0 Å². The first kappa shape index (κ1) is 11.9. The van der Waals surface area contributed by atoms with Gasteiger partial charge in [-0.1, -0.05) is 12.1 Å². The zero-order chi connectivity index (χ0) is 12.3. The topological polar surface area (TPSA) is 79.2 Å². The van der Waals surface area contributed by atoms with E-state index in [1.54, 1.807) is 0 Å². The van der Waals surface area contributed by atoms with E-state index in [-0.39, 0.29) is 0 Å². The Kier molecular flexibility index (Phi) is 3.61. The van der Waals surface area contributed by atoms with Crippen LogP contribution in [-0.4, -0.2) is 25.2 Å². The van der Waals surface area contributed by atoms with Gasteiger partial charge < -0.3 is 21.7 Å². The van der Waals surface area contributed by atoms with Gasteiger partial charge in [0.15, 0.2) is 0 Å². The van der Waals surface area contributed by atoms with Gasteiger partial charge in [0, 0.05) is 30.9 Å². The smallest absolute Gasteiger partial charge is 0.316 e. The maximum Gasteiger partial charge on any atom is 0.316 e. The van der Waals surface area contributed by atoms with Crippen LogP contribution in [0.4, 0.5) is 10.5 Å². The van der Waals surface area contributed by atoms with E-state index >= 15 is 0 Å². The third kappa shape index (κ3) is 3.18. The van der Waals surface area contributed by atoms with Crippen molar-refractivity contribution in [3.05, 3.63) is 29.8 Å². The molecule has 5 N–H and O–H groups in total. The van der Waals surface area contributed by atoms with Crippen LogP contribution in [0.25, 0.3) is 0 Å². The minimum absolute atomic E-state index is 0.310. The van der Waals surface area contributed by atoms with Gasteiger partial charge in [-0.2, -0.15) is 0 Å². The van der Waals surface area contributed by atoms with E-state index in [0.29, 0.717) is 12.1 Å². The first-order chi connectivity index (χ1) is 8.15. The molecule has 1 unspecified atom stereocenters. The second-order valence-electron chi connectivity index (χ2n) is 4.35. The highest BCUT2D eigenvalue weighted by Crippen LogP contribution is 2.16. The molecule has 1 atom stereocenters. The molecule has 1 saturated heterocycles. The van der Waals surface area contributed by atoms with E-state index in [1.807, 2.05) is 24.3 Å². The largest absolute Gasteiger partial charge is 0.351 e. The van der Waals surface area contributed by atoms with E-state index in [4.69, 9.17) is 5.73 Å². The summed E-state index contributed by atoms with van der Waals surface area (Å²) in [5, 5.41) is 9.29. The van der Waals surface area contributed by atoms with E-state index in [9.17, 15) is 4.79 Å². The van der Waals surface area contributed by atoms with Crippen molar-refractivity contribution < 1.29 is 4.79 Å². The minimum Gasteiger partial charge on any atom is -0.351 e. The second-order valence-corrected chi connectivity index (χ2v) is 4.35. The van der Waals surface area contributed by atoms with Crippen molar-refractivity contribution in [2.45, 2.75) is 19.0 Å². The van der Waals surface area contributed by atoms with E-state index < -0.39 is 6.03 Å². The lowest BCUT2D eigenvalue weighted by Gasteiger charge is -2.31. The monoisotopic (exact) mass is 234 g/mol. The molecule has 1 aliphatic rings. The van der Waals surface area contributed by atoms with E-state index in [1.165, 1.54) is 5.56 Å². The van der Waals surface area contributed by atoms with Gasteiger partial charge in [-0.15, -0.1) is 0 Å². The van der Waals surface area contributed by atoms with Crippen molar-refractivity contribution in [1.82, 2.24) is 10.6 Å². The molecule has 5 nitrogen and oxygen atoms in total. The lowest BCUT2D eigenvalue weighted by Crippen LogP contribution is -2.55. The Morgan fingerprint density at radius 1 is 1.41 bits per heavy atom. The molecule has 1 heterocycles. The molecule has 1 aromatic rings. The molecule has 0 aromatic heterocycles. The normalized spacial score (nSPS) is 17.2. The molecule has 0 radical (unpaired) electrons. The third-order valence-corrected chi connectivity index (χ3v) is 2.95. The number of hydrogen-bond donors (Lipinski definition) is 4. The summed E-state index contributed by atoms with van der Waals surface area (Å²) in [6.07, 6.45) is 0. The Balaban J connectivity index is 1.93. The number of anilines is 1. The zero-order valence-electron chi connectivity index (χ0n) is 9.86. The summed E-state index contributed by atoms with van der Waals surface area (Å²) in [5.41, 5.74) is 6.97. The van der Waals surface area contributed by atoms with Gasteiger partial charge in [-0.05, 0) is 24.6 Å². The number of nitrogens with two attached hydrogens (primary N) is 1. The van der Waals surface area contributed by atoms with E-state index in [0.717, 1.165) is 18.8 Å². The average Bonchev–Trinajstić information content (AvgIpc) is 2.23. The molecule has 1 aromatic carbocycles. The molecular formula is C12H18N4O. The number of carbonyl (C=O) groups is 1. The molecule has 0 aliphatic carbocycles. The average molecular weight is 234 g/mol. The molecule has 92 valence electrons. The number of rotatable bonds is 4. The highest BCUT2D eigenvalue weighted by molar-refractivity contribution is 5.87. The number of carbonyl (C=O) groups excluding carboxylic acids is 1. The Labute approximate surface area is 101 Å². The molecule has 1 fully saturated rings. The maximum absolute atomic E-state index is 10.7. The minimum atomic E-state index is -0.538. The van der Waals surface area contributed by atoms with Crippen LogP contribution in [0.2, 0.25) is 0 Å². The summed E-state index contributed by atoms with van der Waals surface area (Å²) in [7, 11) is 0. The number of benzene rings is 1. The van der Waals surface area contributed by atoms with Crippen LogP contribution < -0.4 is 21.7 Å². The van der Waals surface area contributed by atoms with Crippen LogP contribution in [0.1, 0.15) is 18.5 Å². The van der Waals surface area contributed by atoms with Crippen LogP contribution in [-0.2, 0) is 0 Å². The van der Waals surface area contributed by atoms with Crippen molar-refractivity contribution in [1.29, 1.82) is 0 Å². The predicted molar refractivity (Wildman–Crippen MR) is 67.9 cm³/mol. The molecule has 5 heteroatoms. The molecule has 0 saturated carbocycles. The fraction of sp³-hybridized carbons (Fsp3) is 0.417. The van der Waals surface area contributed by atoms with Gasteiger partial charge in [0.05, 0.1) is 0 Å². The fourth-order valence-electron chi connectivity index (χ4n) is 1.85. The molecule has 0 spiro atoms. The van der Waals surface area contributed by atoms with E-state index in [2.05, 4.69) is 22.9 Å². The fourth-order valence-corrected chi connectivity index (χ4v) is 1.85. The van der Waals surface area contributed by atoms with Crippen LogP contribution >= 0.6 is 0 Å². The molecule has 2 amide bonds. The molecule has 17 heavy (non-hydrogen) atoms. The summed E-state index contributed by atoms with van der Waals surface area (Å²) in [4.78, 5) is 10.7. The van der Waals surface area contributed by atoms with Crippen molar-refractivity contribution in [2.24, 2.45) is 5.73 Å². The lowest BCUT2D eigenvalue weighted by molar-refractivity contribution is 0.259. The summed E-state index contributed by atoms with van der Waals surface area (Å²) in [6.45, 7) is 4.20. The number of nitrogens with one attached hydrogen (secondary N) is 3. The highest BCUT2D eigenvalue weighted by atomic mass is 16.2. The standard InChI is InChI=1S/C12H18N4O/c1-8(15-11-6-14-7-11)9-2-4-10(5-3-9)16-12(13)17/h2-5,8,11,14-15H,6-7H2,1H3,(H3,13,16,17). The van der Waals surface area contributed by atoms with Crippen molar-refractivity contribution in [3.63, 3.8) is 0 Å². The maximum atomic E-state index is 10.7. The number of primary amides is 1. The predicted octanol–water partition coefficient (Wildman–Crippen LogP) is 0.800. The van der Waals surface area contributed by atoms with Crippen LogP contribution in [0.15, 0.2) is 24.3 Å². The van der Waals surface area contributed by atoms with Gasteiger partial charge >= 0.3 is 6.03 Å². The third-order valence-electron chi connectivity index (χ3n) is 2.95. The number of amides is 2. The Hall–Kier alpha value is -1.59. The van der Waals surface area contributed by atoms with Crippen molar-refractivity contribution in [3.8, 4) is 0 Å². The summed E-state index contributed by atoms with van der Waals surface area (Å²) in [5.74, 6) is 0. The summed E-state index contributed by atoms with van der Waals surface area (Å²) in [6, 6.07) is 8.04. The van der Waals surface area contributed by atoms with Gasteiger partial charge in [0.2, 0.25) is 0 Å². The van der Waals surface area contributed by atoms with Gasteiger partial charge in [0.1, 0.15) is 0 Å². The van der Waals surface area contributed by atoms with Crippen molar-refractivity contribution in [2.75, 3.05) is 18.4 Å². The SMILES string of the molecule is CC(NC1CNC1)c1ccc(NC(N)=O)cc1. The Bertz CT molecular complexity index is 386. The highest BCUT2D eigenvalue weighted by Gasteiger charge is 2.18. The molecule has 2 rings (SSSR count). The number of urea groups is 1. The number of hydrogen-bond acceptors (Lipinski definition) is 3. The summed E-state index contributed by atoms with van der Waals surface area (Å²) >= 11 is 0. The zero-order valence-corrected chi connectivity index (χ0v) is 9.86. The van der Waals surface area contributed by atoms with Gasteiger partial charge in [-0.3, -0.25) is 0 Å².